The number of aliphatic hydroxyl groups is 1. The Balaban J connectivity index is 2.05. The summed E-state index contributed by atoms with van der Waals surface area (Å²) in [4.78, 5) is 25.4. The summed E-state index contributed by atoms with van der Waals surface area (Å²) < 4.78 is 6.12. The lowest BCUT2D eigenvalue weighted by Crippen LogP contribution is -2.63. The Morgan fingerprint density at radius 1 is 1.48 bits per heavy atom. The molecular formula is C14H21N3O4. The van der Waals surface area contributed by atoms with Crippen molar-refractivity contribution in [1.29, 1.82) is 0 Å². The first-order valence-corrected chi connectivity index (χ1v) is 7.08. The molecule has 7 heteroatoms. The second-order valence-electron chi connectivity index (χ2n) is 5.41. The molecule has 0 aromatic carbocycles. The molecule has 1 amide bonds. The summed E-state index contributed by atoms with van der Waals surface area (Å²) in [5.41, 5.74) is -0.825. The van der Waals surface area contributed by atoms with E-state index in [1.165, 1.54) is 23.9 Å². The molecule has 0 saturated carbocycles. The molecule has 1 N–H and O–H groups in total. The second-order valence-corrected chi connectivity index (χ2v) is 5.41. The fourth-order valence-electron chi connectivity index (χ4n) is 2.49. The molecule has 1 aliphatic heterocycles. The van der Waals surface area contributed by atoms with Crippen molar-refractivity contribution >= 4 is 5.91 Å². The van der Waals surface area contributed by atoms with Crippen LogP contribution in [0, 0.1) is 0 Å². The lowest BCUT2D eigenvalue weighted by molar-refractivity contribution is -0.0862. The maximum Gasteiger partial charge on any atom is 0.274 e. The van der Waals surface area contributed by atoms with Crippen LogP contribution in [0.1, 0.15) is 30.3 Å². The lowest BCUT2D eigenvalue weighted by atomic mass is 9.89. The summed E-state index contributed by atoms with van der Waals surface area (Å²) in [6.45, 7) is 3.29. The highest BCUT2D eigenvalue weighted by atomic mass is 16.5. The van der Waals surface area contributed by atoms with Gasteiger partial charge in [-0.25, -0.2) is 4.68 Å². The average Bonchev–Trinajstić information content (AvgIpc) is 2.43. The van der Waals surface area contributed by atoms with Crippen molar-refractivity contribution in [3.63, 3.8) is 0 Å². The number of rotatable bonds is 6. The number of aromatic nitrogens is 2. The summed E-state index contributed by atoms with van der Waals surface area (Å²) in [7, 11) is 1.54. The third kappa shape index (κ3) is 3.48. The Morgan fingerprint density at radius 2 is 2.19 bits per heavy atom. The summed E-state index contributed by atoms with van der Waals surface area (Å²) in [6.07, 6.45) is 1.55. The van der Waals surface area contributed by atoms with E-state index in [1.54, 1.807) is 4.90 Å². The van der Waals surface area contributed by atoms with E-state index < -0.39 is 5.60 Å². The average molecular weight is 295 g/mol. The number of likely N-dealkylation sites (tertiary alicyclic amines) is 1. The Labute approximate surface area is 123 Å². The molecule has 1 aliphatic rings. The van der Waals surface area contributed by atoms with Crippen LogP contribution in [0.25, 0.3) is 0 Å². The molecule has 1 aromatic rings. The van der Waals surface area contributed by atoms with Crippen LogP contribution in [-0.4, -0.2) is 58.1 Å². The fraction of sp³-hybridized carbons (Fsp3) is 0.643. The van der Waals surface area contributed by atoms with Crippen molar-refractivity contribution in [1.82, 2.24) is 14.7 Å². The first-order chi connectivity index (χ1) is 9.99. The first kappa shape index (κ1) is 15.7. The van der Waals surface area contributed by atoms with Gasteiger partial charge in [-0.3, -0.25) is 9.59 Å². The maximum absolute atomic E-state index is 12.3. The summed E-state index contributed by atoms with van der Waals surface area (Å²) in [5.74, 6) is -0.262. The van der Waals surface area contributed by atoms with E-state index in [-0.39, 0.29) is 17.2 Å². The van der Waals surface area contributed by atoms with Crippen LogP contribution in [0.5, 0.6) is 0 Å². The highest BCUT2D eigenvalue weighted by Gasteiger charge is 2.43. The van der Waals surface area contributed by atoms with Crippen LogP contribution < -0.4 is 5.56 Å². The Kier molecular flexibility index (Phi) is 4.74. The monoisotopic (exact) mass is 295 g/mol. The quantitative estimate of drug-likeness (QED) is 0.790. The van der Waals surface area contributed by atoms with Gasteiger partial charge in [-0.2, -0.15) is 5.10 Å². The molecule has 0 bridgehead atoms. The highest BCUT2D eigenvalue weighted by Crippen LogP contribution is 2.26. The molecule has 0 unspecified atom stereocenters. The van der Waals surface area contributed by atoms with Crippen molar-refractivity contribution in [2.45, 2.75) is 31.9 Å². The van der Waals surface area contributed by atoms with E-state index in [4.69, 9.17) is 4.74 Å². The minimum Gasteiger partial charge on any atom is -0.386 e. The second kappa shape index (κ2) is 6.36. The molecule has 116 valence electrons. The molecule has 0 atom stereocenters. The third-order valence-corrected chi connectivity index (χ3v) is 3.57. The molecule has 1 saturated heterocycles. The van der Waals surface area contributed by atoms with E-state index in [0.29, 0.717) is 32.7 Å². The number of carbonyl (C=O) groups is 1. The van der Waals surface area contributed by atoms with Gasteiger partial charge in [0.05, 0.1) is 31.8 Å². The van der Waals surface area contributed by atoms with E-state index in [2.05, 4.69) is 5.10 Å². The zero-order valence-corrected chi connectivity index (χ0v) is 12.4. The molecule has 0 spiro atoms. The van der Waals surface area contributed by atoms with E-state index in [0.717, 1.165) is 6.42 Å². The maximum atomic E-state index is 12.3. The number of methoxy groups -OCH3 is 1. The van der Waals surface area contributed by atoms with Gasteiger partial charge in [-0.1, -0.05) is 13.3 Å². The van der Waals surface area contributed by atoms with Crippen molar-refractivity contribution in [3.8, 4) is 0 Å². The van der Waals surface area contributed by atoms with Crippen LogP contribution in [-0.2, 0) is 11.3 Å². The summed E-state index contributed by atoms with van der Waals surface area (Å²) >= 11 is 0. The van der Waals surface area contributed by atoms with Gasteiger partial charge in [-0.05, 0) is 12.5 Å². The lowest BCUT2D eigenvalue weighted by Gasteiger charge is -2.46. The van der Waals surface area contributed by atoms with Gasteiger partial charge >= 0.3 is 0 Å². The number of β-amino-alcohol motifs (C(OH)–C–C–N with tert-alkyl or cyclic N) is 1. The van der Waals surface area contributed by atoms with E-state index in [9.17, 15) is 14.7 Å². The highest BCUT2D eigenvalue weighted by molar-refractivity contribution is 5.92. The molecule has 21 heavy (non-hydrogen) atoms. The van der Waals surface area contributed by atoms with Gasteiger partial charge in [0.1, 0.15) is 5.69 Å². The van der Waals surface area contributed by atoms with Crippen molar-refractivity contribution in [2.24, 2.45) is 0 Å². The van der Waals surface area contributed by atoms with Crippen molar-refractivity contribution in [2.75, 3.05) is 26.8 Å². The Bertz CT molecular complexity index is 564. The fourth-order valence-corrected chi connectivity index (χ4v) is 2.49. The van der Waals surface area contributed by atoms with Gasteiger partial charge in [0, 0.05) is 13.2 Å². The zero-order valence-electron chi connectivity index (χ0n) is 12.4. The summed E-state index contributed by atoms with van der Waals surface area (Å²) in [5, 5.41) is 14.2. The predicted octanol–water partition coefficient (Wildman–Crippen LogP) is -0.123. The molecule has 2 heterocycles. The van der Waals surface area contributed by atoms with Gasteiger partial charge < -0.3 is 14.7 Å². The SMILES string of the molecule is CCCC1(O)CN(C(=O)c2ccc(=O)n(CCOC)n2)C1. The topological polar surface area (TPSA) is 84.7 Å². The van der Waals surface area contributed by atoms with Crippen molar-refractivity contribution in [3.05, 3.63) is 28.2 Å². The first-order valence-electron chi connectivity index (χ1n) is 7.08. The molecule has 2 rings (SSSR count). The Hall–Kier alpha value is -1.73. The zero-order chi connectivity index (χ0) is 15.5. The van der Waals surface area contributed by atoms with Crippen LogP contribution in [0.2, 0.25) is 0 Å². The van der Waals surface area contributed by atoms with Gasteiger partial charge in [-0.15, -0.1) is 0 Å². The number of ether oxygens (including phenoxy) is 1. The number of nitrogens with zero attached hydrogens (tertiary/aromatic N) is 3. The van der Waals surface area contributed by atoms with Gasteiger partial charge in [0.2, 0.25) is 0 Å². The van der Waals surface area contributed by atoms with Crippen LogP contribution in [0.4, 0.5) is 0 Å². The molecule has 1 fully saturated rings. The van der Waals surface area contributed by atoms with Crippen molar-refractivity contribution < 1.29 is 14.6 Å². The molecular weight excluding hydrogens is 274 g/mol. The minimum absolute atomic E-state index is 0.212. The van der Waals surface area contributed by atoms with E-state index >= 15 is 0 Å². The summed E-state index contributed by atoms with van der Waals surface area (Å²) in [6, 6.07) is 2.75. The molecule has 7 nitrogen and oxygen atoms in total. The molecule has 0 aliphatic carbocycles. The number of amides is 1. The van der Waals surface area contributed by atoms with Gasteiger partial charge in [0.25, 0.3) is 11.5 Å². The van der Waals surface area contributed by atoms with Gasteiger partial charge in [0.15, 0.2) is 0 Å². The third-order valence-electron chi connectivity index (χ3n) is 3.57. The number of carbonyl (C=O) groups excluding carboxylic acids is 1. The molecule has 1 aromatic heterocycles. The predicted molar refractivity (Wildman–Crippen MR) is 76.1 cm³/mol. The standard InChI is InChI=1S/C14H21N3O4/c1-3-6-14(20)9-16(10-14)13(19)11-4-5-12(18)17(15-11)7-8-21-2/h4-5,20H,3,6-10H2,1-2H3. The number of hydrogen-bond acceptors (Lipinski definition) is 5. The normalized spacial score (nSPS) is 16.6. The van der Waals surface area contributed by atoms with Crippen LogP contribution >= 0.6 is 0 Å². The molecule has 0 radical (unpaired) electrons. The number of hydrogen-bond donors (Lipinski definition) is 1. The largest absolute Gasteiger partial charge is 0.386 e. The van der Waals surface area contributed by atoms with Crippen LogP contribution in [0.3, 0.4) is 0 Å². The van der Waals surface area contributed by atoms with Crippen LogP contribution in [0.15, 0.2) is 16.9 Å². The minimum atomic E-state index is -0.769. The Morgan fingerprint density at radius 3 is 2.81 bits per heavy atom. The van der Waals surface area contributed by atoms with E-state index in [1.807, 2.05) is 6.92 Å². The smallest absolute Gasteiger partial charge is 0.274 e.